The van der Waals surface area contributed by atoms with Crippen molar-refractivity contribution in [1.82, 2.24) is 4.31 Å². The van der Waals surface area contributed by atoms with E-state index in [0.717, 1.165) is 31.2 Å². The molecule has 6 heteroatoms. The van der Waals surface area contributed by atoms with Crippen molar-refractivity contribution in [2.45, 2.75) is 63.0 Å². The van der Waals surface area contributed by atoms with Crippen LogP contribution in [0.1, 0.15) is 38.2 Å². The Morgan fingerprint density at radius 2 is 1.91 bits per heavy atom. The van der Waals surface area contributed by atoms with Gasteiger partial charge in [-0.25, -0.2) is 8.42 Å². The summed E-state index contributed by atoms with van der Waals surface area (Å²) in [6.45, 7) is 4.21. The van der Waals surface area contributed by atoms with Gasteiger partial charge in [-0.1, -0.05) is 30.5 Å². The lowest BCUT2D eigenvalue weighted by atomic mass is 9.93. The highest BCUT2D eigenvalue weighted by atomic mass is 32.2. The van der Waals surface area contributed by atoms with Crippen molar-refractivity contribution in [3.8, 4) is 0 Å². The molecule has 1 saturated carbocycles. The van der Waals surface area contributed by atoms with Gasteiger partial charge in [0.2, 0.25) is 16.4 Å². The quantitative estimate of drug-likeness (QED) is 0.854. The van der Waals surface area contributed by atoms with E-state index < -0.39 is 16.4 Å². The van der Waals surface area contributed by atoms with E-state index in [0.29, 0.717) is 11.5 Å². The first-order chi connectivity index (χ1) is 10.5. The van der Waals surface area contributed by atoms with E-state index in [9.17, 15) is 8.42 Å². The Kier molecular flexibility index (Phi) is 4.54. The Morgan fingerprint density at radius 3 is 2.59 bits per heavy atom. The Balaban J connectivity index is 1.96. The number of sulfonamides is 1. The Hall–Kier alpha value is -0.950. The highest BCUT2D eigenvalue weighted by Gasteiger charge is 2.50. The van der Waals surface area contributed by atoms with Crippen molar-refractivity contribution in [3.05, 3.63) is 29.8 Å². The lowest BCUT2D eigenvalue weighted by molar-refractivity contribution is -0.165. The number of rotatable bonds is 4. The van der Waals surface area contributed by atoms with Crippen LogP contribution in [-0.2, 0) is 19.5 Å². The van der Waals surface area contributed by atoms with Crippen molar-refractivity contribution in [2.75, 3.05) is 6.61 Å². The molecule has 1 aromatic rings. The number of hydrogen-bond acceptors (Lipinski definition) is 4. The van der Waals surface area contributed by atoms with Gasteiger partial charge in [0.05, 0.1) is 17.0 Å². The Labute approximate surface area is 132 Å². The smallest absolute Gasteiger partial charge is 0.247 e. The van der Waals surface area contributed by atoms with Gasteiger partial charge in [0, 0.05) is 6.61 Å². The van der Waals surface area contributed by atoms with E-state index in [-0.39, 0.29) is 12.1 Å². The Morgan fingerprint density at radius 1 is 1.23 bits per heavy atom. The number of hydrogen-bond donors (Lipinski definition) is 0. The molecule has 1 aromatic carbocycles. The van der Waals surface area contributed by atoms with Gasteiger partial charge < -0.3 is 9.47 Å². The van der Waals surface area contributed by atoms with Gasteiger partial charge in [-0.3, -0.25) is 0 Å². The summed E-state index contributed by atoms with van der Waals surface area (Å²) in [6.07, 6.45) is 2.99. The van der Waals surface area contributed by atoms with Crippen LogP contribution in [0.4, 0.5) is 0 Å². The second kappa shape index (κ2) is 6.28. The normalized spacial score (nSPS) is 29.5. The number of fused-ring (bicyclic) bond motifs is 1. The van der Waals surface area contributed by atoms with Crippen LogP contribution in [0, 0.1) is 6.92 Å². The van der Waals surface area contributed by atoms with Crippen LogP contribution >= 0.6 is 0 Å². The third kappa shape index (κ3) is 2.80. The zero-order valence-electron chi connectivity index (χ0n) is 13.1. The van der Waals surface area contributed by atoms with Crippen LogP contribution in [0.3, 0.4) is 0 Å². The van der Waals surface area contributed by atoms with Crippen molar-refractivity contribution < 1.29 is 17.9 Å². The highest BCUT2D eigenvalue weighted by Crippen LogP contribution is 2.38. The molecule has 1 aliphatic heterocycles. The molecule has 0 amide bonds. The maximum atomic E-state index is 13.1. The van der Waals surface area contributed by atoms with Gasteiger partial charge in [-0.05, 0) is 38.8 Å². The molecule has 0 bridgehead atoms. The summed E-state index contributed by atoms with van der Waals surface area (Å²) in [5.41, 5.74) is 1.04. The van der Waals surface area contributed by atoms with Crippen molar-refractivity contribution in [2.24, 2.45) is 0 Å². The first-order valence-electron chi connectivity index (χ1n) is 7.91. The molecule has 1 saturated heterocycles. The first kappa shape index (κ1) is 15.9. The summed E-state index contributed by atoms with van der Waals surface area (Å²) >= 11 is 0. The molecule has 1 unspecified atom stereocenters. The fraction of sp³-hybridized carbons (Fsp3) is 0.625. The molecule has 2 aliphatic rings. The molecule has 1 heterocycles. The number of ether oxygens (including phenoxy) is 2. The predicted molar refractivity (Wildman–Crippen MR) is 82.7 cm³/mol. The molecular formula is C16H23NO4S. The molecular weight excluding hydrogens is 302 g/mol. The van der Waals surface area contributed by atoms with Crippen molar-refractivity contribution in [3.63, 3.8) is 0 Å². The zero-order valence-corrected chi connectivity index (χ0v) is 13.9. The average molecular weight is 325 g/mol. The van der Waals surface area contributed by atoms with E-state index in [1.807, 2.05) is 26.0 Å². The average Bonchev–Trinajstić information content (AvgIpc) is 2.86. The SMILES string of the molecule is CCOC1O[C@H]2CCCC[C@@H]2N1S(=O)(=O)c1ccc(C)cc1. The topological polar surface area (TPSA) is 55.8 Å². The summed E-state index contributed by atoms with van der Waals surface area (Å²) in [7, 11) is -3.61. The maximum absolute atomic E-state index is 13.1. The molecule has 0 radical (unpaired) electrons. The number of aryl methyl sites for hydroxylation is 1. The first-order valence-corrected chi connectivity index (χ1v) is 9.35. The highest BCUT2D eigenvalue weighted by molar-refractivity contribution is 7.89. The van der Waals surface area contributed by atoms with E-state index in [4.69, 9.17) is 9.47 Å². The molecule has 5 nitrogen and oxygen atoms in total. The summed E-state index contributed by atoms with van der Waals surface area (Å²) in [4.78, 5) is 0.303. The summed E-state index contributed by atoms with van der Waals surface area (Å²) in [6, 6.07) is 6.83. The van der Waals surface area contributed by atoms with Gasteiger partial charge in [-0.2, -0.15) is 0 Å². The largest absolute Gasteiger partial charge is 0.339 e. The Bertz CT molecular complexity index is 614. The third-order valence-corrected chi connectivity index (χ3v) is 6.27. The van der Waals surface area contributed by atoms with Crippen LogP contribution in [0.2, 0.25) is 0 Å². The monoisotopic (exact) mass is 325 g/mol. The minimum absolute atomic E-state index is 0.0504. The summed E-state index contributed by atoms with van der Waals surface area (Å²) in [5, 5.41) is 0. The van der Waals surface area contributed by atoms with Gasteiger partial charge >= 0.3 is 0 Å². The molecule has 3 rings (SSSR count). The molecule has 2 fully saturated rings. The molecule has 0 spiro atoms. The number of benzene rings is 1. The van der Waals surface area contributed by atoms with Crippen LogP contribution in [0.15, 0.2) is 29.2 Å². The zero-order chi connectivity index (χ0) is 15.7. The second-order valence-corrected chi connectivity index (χ2v) is 7.78. The van der Waals surface area contributed by atoms with Gasteiger partial charge in [0.25, 0.3) is 0 Å². The third-order valence-electron chi connectivity index (χ3n) is 4.40. The van der Waals surface area contributed by atoms with Crippen molar-refractivity contribution >= 4 is 10.0 Å². The fourth-order valence-electron chi connectivity index (χ4n) is 3.27. The van der Waals surface area contributed by atoms with E-state index in [1.54, 1.807) is 12.1 Å². The fourth-order valence-corrected chi connectivity index (χ4v) is 4.93. The van der Waals surface area contributed by atoms with Gasteiger partial charge in [0.1, 0.15) is 0 Å². The van der Waals surface area contributed by atoms with Crippen LogP contribution in [0.25, 0.3) is 0 Å². The van der Waals surface area contributed by atoms with Crippen LogP contribution in [-0.4, -0.2) is 37.9 Å². The van der Waals surface area contributed by atoms with Crippen molar-refractivity contribution in [1.29, 1.82) is 0 Å². The minimum atomic E-state index is -3.61. The van der Waals surface area contributed by atoms with Crippen LogP contribution in [0.5, 0.6) is 0 Å². The van der Waals surface area contributed by atoms with E-state index >= 15 is 0 Å². The maximum Gasteiger partial charge on any atom is 0.247 e. The second-order valence-electron chi connectivity index (χ2n) is 5.94. The molecule has 1 aliphatic carbocycles. The molecule has 0 aromatic heterocycles. The lowest BCUT2D eigenvalue weighted by Crippen LogP contribution is -2.45. The lowest BCUT2D eigenvalue weighted by Gasteiger charge is -2.29. The summed E-state index contributed by atoms with van der Waals surface area (Å²) < 4.78 is 39.0. The van der Waals surface area contributed by atoms with Gasteiger partial charge in [-0.15, -0.1) is 4.31 Å². The van der Waals surface area contributed by atoms with E-state index in [2.05, 4.69) is 0 Å². The predicted octanol–water partition coefficient (Wildman–Crippen LogP) is 2.65. The molecule has 122 valence electrons. The molecule has 0 N–H and O–H groups in total. The molecule has 3 atom stereocenters. The van der Waals surface area contributed by atoms with Gasteiger partial charge in [0.15, 0.2) is 0 Å². The summed E-state index contributed by atoms with van der Waals surface area (Å²) in [5.74, 6) is 0. The van der Waals surface area contributed by atoms with E-state index in [1.165, 1.54) is 4.31 Å². The molecule has 22 heavy (non-hydrogen) atoms. The van der Waals surface area contributed by atoms with Crippen LogP contribution < -0.4 is 0 Å². The number of nitrogens with zero attached hydrogens (tertiary/aromatic N) is 1. The minimum Gasteiger partial charge on any atom is -0.339 e. The standard InChI is InChI=1S/C16H23NO4S/c1-3-20-16-17(14-6-4-5-7-15(14)21-16)22(18,19)13-10-8-12(2)9-11-13/h8-11,14-16H,3-7H2,1-2H3/t14-,15-,16?/m0/s1.